The SMILES string of the molecule is S=c1[nH]c2cc(I)ccc2n1C1CC=CC1. The van der Waals surface area contributed by atoms with Crippen LogP contribution in [0.2, 0.25) is 0 Å². The van der Waals surface area contributed by atoms with Gasteiger partial charge in [0.2, 0.25) is 0 Å². The number of hydrogen-bond acceptors (Lipinski definition) is 1. The molecular formula is C12H11IN2S. The van der Waals surface area contributed by atoms with Gasteiger partial charge in [0.05, 0.1) is 11.0 Å². The van der Waals surface area contributed by atoms with Gasteiger partial charge in [-0.15, -0.1) is 0 Å². The van der Waals surface area contributed by atoms with Crippen molar-refractivity contribution in [3.8, 4) is 0 Å². The summed E-state index contributed by atoms with van der Waals surface area (Å²) in [6.07, 6.45) is 6.65. The van der Waals surface area contributed by atoms with Crippen LogP contribution in [0.5, 0.6) is 0 Å². The lowest BCUT2D eigenvalue weighted by Crippen LogP contribution is -2.04. The van der Waals surface area contributed by atoms with Crippen LogP contribution in [0.15, 0.2) is 30.4 Å². The number of halogens is 1. The maximum Gasteiger partial charge on any atom is 0.178 e. The van der Waals surface area contributed by atoms with Gasteiger partial charge in [-0.1, -0.05) is 12.2 Å². The number of benzene rings is 1. The van der Waals surface area contributed by atoms with E-state index >= 15 is 0 Å². The van der Waals surface area contributed by atoms with Crippen LogP contribution in [0.25, 0.3) is 11.0 Å². The average molecular weight is 342 g/mol. The van der Waals surface area contributed by atoms with Gasteiger partial charge in [-0.25, -0.2) is 0 Å². The van der Waals surface area contributed by atoms with Crippen molar-refractivity contribution in [3.63, 3.8) is 0 Å². The smallest absolute Gasteiger partial charge is 0.178 e. The lowest BCUT2D eigenvalue weighted by atomic mass is 10.2. The molecule has 3 rings (SSSR count). The zero-order valence-electron chi connectivity index (χ0n) is 8.61. The van der Waals surface area contributed by atoms with Crippen LogP contribution in [0.1, 0.15) is 18.9 Å². The number of aromatic nitrogens is 2. The molecule has 2 nitrogen and oxygen atoms in total. The quantitative estimate of drug-likeness (QED) is 0.468. The lowest BCUT2D eigenvalue weighted by Gasteiger charge is -2.12. The van der Waals surface area contributed by atoms with Gasteiger partial charge in [0.25, 0.3) is 0 Å². The zero-order valence-corrected chi connectivity index (χ0v) is 11.6. The summed E-state index contributed by atoms with van der Waals surface area (Å²) < 4.78 is 4.32. The number of nitrogens with zero attached hydrogens (tertiary/aromatic N) is 1. The molecule has 0 amide bonds. The highest BCUT2D eigenvalue weighted by molar-refractivity contribution is 14.1. The van der Waals surface area contributed by atoms with E-state index in [1.165, 1.54) is 9.09 Å². The molecule has 1 aliphatic rings. The number of allylic oxidation sites excluding steroid dienone is 2. The summed E-state index contributed by atoms with van der Waals surface area (Å²) in [4.78, 5) is 3.29. The Morgan fingerprint density at radius 2 is 2.06 bits per heavy atom. The topological polar surface area (TPSA) is 20.7 Å². The number of imidazole rings is 1. The number of nitrogens with one attached hydrogen (secondary N) is 1. The molecule has 0 fully saturated rings. The molecule has 0 saturated carbocycles. The first-order valence-electron chi connectivity index (χ1n) is 5.30. The number of H-pyrrole nitrogens is 1. The summed E-state index contributed by atoms with van der Waals surface area (Å²) in [7, 11) is 0. The summed E-state index contributed by atoms with van der Waals surface area (Å²) in [6, 6.07) is 6.93. The van der Waals surface area contributed by atoms with Crippen molar-refractivity contribution in [1.29, 1.82) is 0 Å². The molecule has 16 heavy (non-hydrogen) atoms. The summed E-state index contributed by atoms with van der Waals surface area (Å²) in [6.45, 7) is 0. The van der Waals surface area contributed by atoms with Crippen molar-refractivity contribution >= 4 is 45.8 Å². The Balaban J connectivity index is 2.23. The van der Waals surface area contributed by atoms with Gasteiger partial charge in [-0.2, -0.15) is 0 Å². The van der Waals surface area contributed by atoms with E-state index in [-0.39, 0.29) is 0 Å². The maximum atomic E-state index is 5.41. The minimum atomic E-state index is 0.501. The van der Waals surface area contributed by atoms with Crippen LogP contribution < -0.4 is 0 Å². The van der Waals surface area contributed by atoms with Gasteiger partial charge in [0, 0.05) is 9.61 Å². The predicted octanol–water partition coefficient (Wildman–Crippen LogP) is 4.19. The monoisotopic (exact) mass is 342 g/mol. The summed E-state index contributed by atoms with van der Waals surface area (Å²) >= 11 is 7.73. The van der Waals surface area contributed by atoms with E-state index in [9.17, 15) is 0 Å². The number of hydrogen-bond donors (Lipinski definition) is 1. The molecule has 0 radical (unpaired) electrons. The third kappa shape index (κ3) is 1.64. The zero-order chi connectivity index (χ0) is 11.1. The van der Waals surface area contributed by atoms with E-state index in [2.05, 4.69) is 62.5 Å². The Morgan fingerprint density at radius 1 is 1.31 bits per heavy atom. The highest BCUT2D eigenvalue weighted by Crippen LogP contribution is 2.28. The summed E-state index contributed by atoms with van der Waals surface area (Å²) in [5.74, 6) is 0. The number of rotatable bonds is 1. The fourth-order valence-electron chi connectivity index (χ4n) is 2.28. The number of aromatic amines is 1. The normalized spacial score (nSPS) is 16.3. The molecule has 0 aliphatic heterocycles. The molecule has 0 unspecified atom stereocenters. The second-order valence-electron chi connectivity index (χ2n) is 4.06. The predicted molar refractivity (Wildman–Crippen MR) is 77.3 cm³/mol. The van der Waals surface area contributed by atoms with Gasteiger partial charge >= 0.3 is 0 Å². The van der Waals surface area contributed by atoms with Crippen LogP contribution in [0.3, 0.4) is 0 Å². The Labute approximate surface area is 113 Å². The van der Waals surface area contributed by atoms with Crippen molar-refractivity contribution < 1.29 is 0 Å². The fourth-order valence-corrected chi connectivity index (χ4v) is 3.13. The molecule has 0 saturated heterocycles. The van der Waals surface area contributed by atoms with Crippen LogP contribution in [0.4, 0.5) is 0 Å². The van der Waals surface area contributed by atoms with Gasteiger partial charge in [-0.05, 0) is 65.8 Å². The molecule has 82 valence electrons. The molecule has 4 heteroatoms. The molecule has 1 aliphatic carbocycles. The maximum absolute atomic E-state index is 5.41. The molecule has 1 N–H and O–H groups in total. The fraction of sp³-hybridized carbons (Fsp3) is 0.250. The third-order valence-electron chi connectivity index (χ3n) is 3.03. The van der Waals surface area contributed by atoms with Crippen molar-refractivity contribution in [2.75, 3.05) is 0 Å². The van der Waals surface area contributed by atoms with Gasteiger partial charge in [0.1, 0.15) is 0 Å². The first kappa shape index (κ1) is 10.5. The second kappa shape index (κ2) is 4.00. The van der Waals surface area contributed by atoms with E-state index in [0.717, 1.165) is 23.1 Å². The molecule has 0 bridgehead atoms. The molecule has 2 aromatic rings. The van der Waals surface area contributed by atoms with Crippen LogP contribution >= 0.6 is 34.8 Å². The molecule has 1 heterocycles. The standard InChI is InChI=1S/C12H11IN2S/c13-8-5-6-11-10(7-8)14-12(16)15(11)9-3-1-2-4-9/h1-2,5-7,9H,3-4H2,(H,14,16). The lowest BCUT2D eigenvalue weighted by molar-refractivity contribution is 0.544. The van der Waals surface area contributed by atoms with Gasteiger partial charge in [0.15, 0.2) is 4.77 Å². The van der Waals surface area contributed by atoms with Crippen molar-refractivity contribution in [1.82, 2.24) is 9.55 Å². The van der Waals surface area contributed by atoms with Crippen molar-refractivity contribution in [2.24, 2.45) is 0 Å². The molecule has 1 aromatic carbocycles. The average Bonchev–Trinajstić information content (AvgIpc) is 2.83. The molecular weight excluding hydrogens is 331 g/mol. The summed E-state index contributed by atoms with van der Waals surface area (Å²) in [5.41, 5.74) is 2.36. The minimum absolute atomic E-state index is 0.501. The van der Waals surface area contributed by atoms with E-state index in [1.807, 2.05) is 0 Å². The van der Waals surface area contributed by atoms with E-state index in [1.54, 1.807) is 0 Å². The molecule has 0 spiro atoms. The number of fused-ring (bicyclic) bond motifs is 1. The van der Waals surface area contributed by atoms with Crippen LogP contribution in [-0.4, -0.2) is 9.55 Å². The minimum Gasteiger partial charge on any atom is -0.331 e. The van der Waals surface area contributed by atoms with Gasteiger partial charge < -0.3 is 9.55 Å². The van der Waals surface area contributed by atoms with Crippen LogP contribution in [0, 0.1) is 8.34 Å². The molecule has 1 aromatic heterocycles. The Kier molecular flexibility index (Phi) is 2.63. The highest BCUT2D eigenvalue weighted by Gasteiger charge is 2.16. The third-order valence-corrected chi connectivity index (χ3v) is 4.00. The first-order chi connectivity index (χ1) is 7.75. The Hall–Kier alpha value is -0.620. The highest BCUT2D eigenvalue weighted by atomic mass is 127. The van der Waals surface area contributed by atoms with E-state index < -0.39 is 0 Å². The Morgan fingerprint density at radius 3 is 2.81 bits per heavy atom. The van der Waals surface area contributed by atoms with Crippen molar-refractivity contribution in [2.45, 2.75) is 18.9 Å². The first-order valence-corrected chi connectivity index (χ1v) is 6.79. The Bertz CT molecular complexity index is 615. The summed E-state index contributed by atoms with van der Waals surface area (Å²) in [5, 5.41) is 0. The van der Waals surface area contributed by atoms with Crippen molar-refractivity contribution in [3.05, 3.63) is 38.7 Å². The van der Waals surface area contributed by atoms with E-state index in [0.29, 0.717) is 6.04 Å². The van der Waals surface area contributed by atoms with Crippen LogP contribution in [-0.2, 0) is 0 Å². The largest absolute Gasteiger partial charge is 0.331 e. The second-order valence-corrected chi connectivity index (χ2v) is 5.69. The van der Waals surface area contributed by atoms with Gasteiger partial charge in [-0.3, -0.25) is 0 Å². The van der Waals surface area contributed by atoms with E-state index in [4.69, 9.17) is 12.2 Å². The molecule has 0 atom stereocenters.